The molecule has 3 heteroatoms. The second kappa shape index (κ2) is 8.03. The topological polar surface area (TPSA) is 55.3 Å². The van der Waals surface area contributed by atoms with Crippen LogP contribution in [0.3, 0.4) is 0 Å². The van der Waals surface area contributed by atoms with E-state index in [-0.39, 0.29) is 0 Å². The summed E-state index contributed by atoms with van der Waals surface area (Å²) in [5.41, 5.74) is 7.62. The van der Waals surface area contributed by atoms with Crippen molar-refractivity contribution in [2.45, 2.75) is 116 Å². The zero-order valence-electron chi connectivity index (χ0n) is 20.1. The first kappa shape index (κ1) is 21.7. The molecule has 8 atom stereocenters. The van der Waals surface area contributed by atoms with E-state index in [2.05, 4.69) is 25.8 Å². The molecule has 0 aliphatic heterocycles. The summed E-state index contributed by atoms with van der Waals surface area (Å²) in [5, 5.41) is 2.30. The number of hydrazine groups is 1. The highest BCUT2D eigenvalue weighted by atomic mass is 15.4. The molecule has 172 valence electrons. The molecule has 5 aliphatic carbocycles. The molecule has 0 spiro atoms. The first-order chi connectivity index (χ1) is 14.4. The van der Waals surface area contributed by atoms with E-state index in [1.165, 1.54) is 83.5 Å². The van der Waals surface area contributed by atoms with Gasteiger partial charge in [0.1, 0.15) is 0 Å². The lowest BCUT2D eigenvalue weighted by atomic mass is 9.43. The summed E-state index contributed by atoms with van der Waals surface area (Å²) in [4.78, 5) is 0. The van der Waals surface area contributed by atoms with E-state index in [1.807, 2.05) is 0 Å². The minimum absolute atomic E-state index is 0.455. The molecule has 0 bridgehead atoms. The minimum Gasteiger partial charge on any atom is -0.328 e. The Balaban J connectivity index is 1.33. The molecular formula is C27H49N3. The van der Waals surface area contributed by atoms with Crippen molar-refractivity contribution in [3.63, 3.8) is 0 Å². The van der Waals surface area contributed by atoms with Crippen molar-refractivity contribution in [2.24, 2.45) is 57.9 Å². The van der Waals surface area contributed by atoms with Crippen molar-refractivity contribution in [2.75, 3.05) is 6.54 Å². The Kier molecular flexibility index (Phi) is 5.81. The lowest BCUT2D eigenvalue weighted by Gasteiger charge is -2.63. The van der Waals surface area contributed by atoms with Crippen molar-refractivity contribution in [3.8, 4) is 0 Å². The van der Waals surface area contributed by atoms with Gasteiger partial charge in [0.25, 0.3) is 0 Å². The lowest BCUT2D eigenvalue weighted by Crippen LogP contribution is -2.59. The van der Waals surface area contributed by atoms with Crippen molar-refractivity contribution >= 4 is 0 Å². The average molecular weight is 416 g/mol. The van der Waals surface area contributed by atoms with Gasteiger partial charge in [-0.05, 0) is 130 Å². The highest BCUT2D eigenvalue weighted by molar-refractivity contribution is 5.14. The van der Waals surface area contributed by atoms with E-state index in [0.29, 0.717) is 22.9 Å². The molecule has 0 aromatic carbocycles. The number of rotatable bonds is 6. The van der Waals surface area contributed by atoms with Crippen LogP contribution >= 0.6 is 0 Å². The van der Waals surface area contributed by atoms with Crippen LogP contribution in [-0.4, -0.2) is 23.6 Å². The summed E-state index contributed by atoms with van der Waals surface area (Å²) < 4.78 is 0. The van der Waals surface area contributed by atoms with Crippen LogP contribution in [0.1, 0.15) is 104 Å². The maximum Gasteiger partial charge on any atom is 0.0297 e. The van der Waals surface area contributed by atoms with Crippen molar-refractivity contribution in [1.82, 2.24) is 5.01 Å². The maximum atomic E-state index is 6.75. The number of hydrogen-bond acceptors (Lipinski definition) is 3. The average Bonchev–Trinajstić information content (AvgIpc) is 3.49. The van der Waals surface area contributed by atoms with E-state index < -0.39 is 0 Å². The molecule has 0 aromatic heterocycles. The molecule has 0 saturated heterocycles. The molecule has 0 radical (unpaired) electrons. The highest BCUT2D eigenvalue weighted by Gasteiger charge is 2.64. The number of nitrogens with two attached hydrogens (primary N) is 2. The van der Waals surface area contributed by atoms with Gasteiger partial charge in [0.15, 0.2) is 0 Å². The fourth-order valence-corrected chi connectivity index (χ4v) is 9.78. The standard InChI is InChI=1S/C27H49N3/c1-18(2)5-4-16-30(29)25-11-10-23-22-9-8-20-17-21(28)12-15-27(20,19-6-7-19)24(22)13-14-26(23,25)3/h18-25H,4-17,28-29H2,1-3H3/t20-,21-,22?,23?,24?,25?,26-,27+/m0/s1. The maximum absolute atomic E-state index is 6.75. The molecule has 5 fully saturated rings. The molecule has 5 aliphatic rings. The van der Waals surface area contributed by atoms with Gasteiger partial charge in [-0.2, -0.15) is 0 Å². The zero-order valence-corrected chi connectivity index (χ0v) is 20.1. The van der Waals surface area contributed by atoms with E-state index in [9.17, 15) is 0 Å². The largest absolute Gasteiger partial charge is 0.328 e. The van der Waals surface area contributed by atoms with E-state index in [4.69, 9.17) is 11.6 Å². The third-order valence-corrected chi connectivity index (χ3v) is 11.2. The monoisotopic (exact) mass is 415 g/mol. The van der Waals surface area contributed by atoms with Crippen LogP contribution in [0, 0.1) is 46.3 Å². The first-order valence-corrected chi connectivity index (χ1v) is 13.6. The summed E-state index contributed by atoms with van der Waals surface area (Å²) in [6.45, 7) is 8.39. The number of fused-ring (bicyclic) bond motifs is 5. The second-order valence-electron chi connectivity index (χ2n) is 13.0. The van der Waals surface area contributed by atoms with Gasteiger partial charge in [0.2, 0.25) is 0 Å². The molecule has 4 unspecified atom stereocenters. The summed E-state index contributed by atoms with van der Waals surface area (Å²) >= 11 is 0. The quantitative estimate of drug-likeness (QED) is 0.430. The van der Waals surface area contributed by atoms with Crippen LogP contribution in [0.2, 0.25) is 0 Å². The Hall–Kier alpha value is -0.120. The van der Waals surface area contributed by atoms with Crippen molar-refractivity contribution < 1.29 is 0 Å². The molecule has 5 saturated carbocycles. The smallest absolute Gasteiger partial charge is 0.0297 e. The van der Waals surface area contributed by atoms with Crippen LogP contribution in [0.25, 0.3) is 0 Å². The highest BCUT2D eigenvalue weighted by Crippen LogP contribution is 2.71. The molecule has 0 aromatic rings. The van der Waals surface area contributed by atoms with Gasteiger partial charge in [0.05, 0.1) is 0 Å². The van der Waals surface area contributed by atoms with Crippen LogP contribution in [0.15, 0.2) is 0 Å². The normalized spacial score (nSPS) is 48.5. The van der Waals surface area contributed by atoms with Gasteiger partial charge in [-0.1, -0.05) is 20.8 Å². The van der Waals surface area contributed by atoms with Crippen LogP contribution < -0.4 is 11.6 Å². The van der Waals surface area contributed by atoms with E-state index in [1.54, 1.807) is 0 Å². The van der Waals surface area contributed by atoms with Gasteiger partial charge in [-0.3, -0.25) is 5.84 Å². The van der Waals surface area contributed by atoms with Gasteiger partial charge >= 0.3 is 0 Å². The lowest BCUT2D eigenvalue weighted by molar-refractivity contribution is -0.135. The predicted octanol–water partition coefficient (Wildman–Crippen LogP) is 5.73. The Morgan fingerprint density at radius 1 is 0.900 bits per heavy atom. The van der Waals surface area contributed by atoms with E-state index >= 15 is 0 Å². The number of hydrogen-bond donors (Lipinski definition) is 2. The predicted molar refractivity (Wildman–Crippen MR) is 126 cm³/mol. The first-order valence-electron chi connectivity index (χ1n) is 13.6. The Morgan fingerprint density at radius 3 is 2.40 bits per heavy atom. The minimum atomic E-state index is 0.455. The summed E-state index contributed by atoms with van der Waals surface area (Å²) in [5.74, 6) is 12.4. The van der Waals surface area contributed by atoms with Gasteiger partial charge in [-0.15, -0.1) is 0 Å². The van der Waals surface area contributed by atoms with Crippen LogP contribution in [0.4, 0.5) is 0 Å². The van der Waals surface area contributed by atoms with Crippen LogP contribution in [-0.2, 0) is 0 Å². The van der Waals surface area contributed by atoms with E-state index in [0.717, 1.165) is 42.1 Å². The molecule has 4 N–H and O–H groups in total. The molecule has 0 heterocycles. The third kappa shape index (κ3) is 3.41. The number of nitrogens with zero attached hydrogens (tertiary/aromatic N) is 1. The summed E-state index contributed by atoms with van der Waals surface area (Å²) in [6.07, 6.45) is 18.3. The Labute approximate surface area is 186 Å². The Bertz CT molecular complexity index is 615. The molecular weight excluding hydrogens is 366 g/mol. The Morgan fingerprint density at radius 2 is 1.67 bits per heavy atom. The molecule has 3 nitrogen and oxygen atoms in total. The third-order valence-electron chi connectivity index (χ3n) is 11.2. The van der Waals surface area contributed by atoms with Gasteiger partial charge in [-0.25, -0.2) is 5.01 Å². The molecule has 0 amide bonds. The fraction of sp³-hybridized carbons (Fsp3) is 1.00. The molecule has 30 heavy (non-hydrogen) atoms. The fourth-order valence-electron chi connectivity index (χ4n) is 9.78. The molecule has 5 rings (SSSR count). The SMILES string of the molecule is CC(C)CCCN(N)C1CCC2C3CC[C@H]4C[C@@H](N)CC[C@]4(C4CC4)C3CC[C@@]21C. The summed E-state index contributed by atoms with van der Waals surface area (Å²) in [7, 11) is 0. The van der Waals surface area contributed by atoms with Gasteiger partial charge in [0, 0.05) is 18.6 Å². The second-order valence-corrected chi connectivity index (χ2v) is 13.0. The van der Waals surface area contributed by atoms with Crippen LogP contribution in [0.5, 0.6) is 0 Å². The van der Waals surface area contributed by atoms with Gasteiger partial charge < -0.3 is 5.73 Å². The zero-order chi connectivity index (χ0) is 21.1. The van der Waals surface area contributed by atoms with Crippen molar-refractivity contribution in [1.29, 1.82) is 0 Å². The van der Waals surface area contributed by atoms with Crippen molar-refractivity contribution in [3.05, 3.63) is 0 Å². The summed E-state index contributed by atoms with van der Waals surface area (Å²) in [6, 6.07) is 1.10.